The molecule has 0 unspecified atom stereocenters. The van der Waals surface area contributed by atoms with Gasteiger partial charge in [0, 0.05) is 26.3 Å². The molecule has 10 nitrogen and oxygen atoms in total. The third-order valence-electron chi connectivity index (χ3n) is 6.06. The number of carbonyl (C=O) groups is 3. The van der Waals surface area contributed by atoms with Crippen LogP contribution in [-0.2, 0) is 32.9 Å². The Kier molecular flexibility index (Phi) is 34.8. The number of ether oxygens (including phenoxy) is 2. The summed E-state index contributed by atoms with van der Waals surface area (Å²) in [5, 5.41) is 2.79. The number of hydrogen-bond donors (Lipinski definition) is 1. The first kappa shape index (κ1) is 45.0. The molecule has 1 atom stereocenters. The zero-order chi connectivity index (χ0) is 28.5. The van der Waals surface area contributed by atoms with Crippen molar-refractivity contribution in [3.05, 3.63) is 0 Å². The summed E-state index contributed by atoms with van der Waals surface area (Å²) in [6.45, 7) is 3.38. The Morgan fingerprint density at radius 1 is 0.700 bits per heavy atom. The number of phosphoric ester groups is 1. The fourth-order valence-electron chi connectivity index (χ4n) is 3.92. The molecule has 13 heteroatoms. The molecule has 0 fully saturated rings. The third-order valence-corrected chi connectivity index (χ3v) is 6.53. The molecule has 1 N–H and O–H groups in total. The molecule has 0 aliphatic heterocycles. The van der Waals surface area contributed by atoms with Gasteiger partial charge in [-0.05, 0) is 19.3 Å². The maximum atomic E-state index is 12.1. The van der Waals surface area contributed by atoms with Gasteiger partial charge in [0.2, 0.25) is 5.91 Å². The summed E-state index contributed by atoms with van der Waals surface area (Å²) >= 11 is 0. The van der Waals surface area contributed by atoms with Gasteiger partial charge in [-0.1, -0.05) is 90.4 Å². The first-order valence-corrected chi connectivity index (χ1v) is 15.9. The van der Waals surface area contributed by atoms with Crippen LogP contribution in [0.15, 0.2) is 0 Å². The van der Waals surface area contributed by atoms with Crippen molar-refractivity contribution >= 4 is 25.7 Å². The molecule has 0 spiro atoms. The molecular formula is C27H50NNa2O9P. The van der Waals surface area contributed by atoms with Gasteiger partial charge in [-0.3, -0.25) is 14.4 Å². The second kappa shape index (κ2) is 31.0. The second-order valence-corrected chi connectivity index (χ2v) is 11.0. The number of amides is 1. The van der Waals surface area contributed by atoms with E-state index in [0.717, 1.165) is 77.2 Å². The van der Waals surface area contributed by atoms with Crippen molar-refractivity contribution in [3.8, 4) is 0 Å². The van der Waals surface area contributed by atoms with E-state index in [0.29, 0.717) is 12.8 Å². The summed E-state index contributed by atoms with van der Waals surface area (Å²) < 4.78 is 25.4. The van der Waals surface area contributed by atoms with E-state index in [1.807, 2.05) is 0 Å². The number of unbranched alkanes of at least 4 members (excludes halogenated alkanes) is 14. The van der Waals surface area contributed by atoms with Crippen molar-refractivity contribution in [2.45, 2.75) is 136 Å². The molecule has 0 heterocycles. The molecule has 224 valence electrons. The fourth-order valence-corrected chi connectivity index (χ4v) is 4.26. The predicted molar refractivity (Wildman–Crippen MR) is 142 cm³/mol. The largest absolute Gasteiger partial charge is 1.00 e. The Hall–Kier alpha value is 0.520. The van der Waals surface area contributed by atoms with Crippen LogP contribution >= 0.6 is 7.82 Å². The second-order valence-electron chi connectivity index (χ2n) is 9.82. The van der Waals surface area contributed by atoms with Crippen LogP contribution in [0, 0.1) is 0 Å². The van der Waals surface area contributed by atoms with Gasteiger partial charge in [0.1, 0.15) is 6.61 Å². The molecule has 0 rings (SSSR count). The summed E-state index contributed by atoms with van der Waals surface area (Å²) in [5.74, 6) is -0.998. The Morgan fingerprint density at radius 2 is 1.15 bits per heavy atom. The van der Waals surface area contributed by atoms with E-state index < -0.39 is 32.5 Å². The van der Waals surface area contributed by atoms with Crippen molar-refractivity contribution in [1.82, 2.24) is 5.32 Å². The minimum Gasteiger partial charge on any atom is -0.790 e. The van der Waals surface area contributed by atoms with Gasteiger partial charge >= 0.3 is 71.1 Å². The Bertz CT molecular complexity index is 680. The molecule has 0 radical (unpaired) electrons. The Morgan fingerprint density at radius 3 is 1.62 bits per heavy atom. The zero-order valence-corrected chi connectivity index (χ0v) is 30.4. The van der Waals surface area contributed by atoms with Crippen molar-refractivity contribution in [2.75, 3.05) is 19.8 Å². The van der Waals surface area contributed by atoms with E-state index in [-0.39, 0.29) is 84.5 Å². The average molecular weight is 610 g/mol. The van der Waals surface area contributed by atoms with Crippen LogP contribution in [0.1, 0.15) is 129 Å². The molecule has 0 saturated carbocycles. The number of nitrogens with one attached hydrogen (secondary N) is 1. The molecule has 0 aliphatic rings. The van der Waals surface area contributed by atoms with Crippen LogP contribution < -0.4 is 74.2 Å². The van der Waals surface area contributed by atoms with E-state index in [9.17, 15) is 28.7 Å². The molecule has 0 saturated heterocycles. The van der Waals surface area contributed by atoms with Crippen LogP contribution in [-0.4, -0.2) is 43.7 Å². The minimum absolute atomic E-state index is 0. The molecule has 0 aromatic heterocycles. The molecule has 0 aromatic carbocycles. The van der Waals surface area contributed by atoms with Crippen molar-refractivity contribution in [1.29, 1.82) is 0 Å². The maximum absolute atomic E-state index is 12.1. The van der Waals surface area contributed by atoms with Crippen molar-refractivity contribution in [3.63, 3.8) is 0 Å². The monoisotopic (exact) mass is 609 g/mol. The predicted octanol–water partition coefficient (Wildman–Crippen LogP) is -1.53. The summed E-state index contributed by atoms with van der Waals surface area (Å²) in [7, 11) is -5.24. The van der Waals surface area contributed by atoms with Gasteiger partial charge in [0.05, 0.1) is 14.4 Å². The van der Waals surface area contributed by atoms with Crippen molar-refractivity contribution < 1.29 is 102 Å². The number of phosphoric acid groups is 1. The first-order valence-electron chi connectivity index (χ1n) is 14.4. The van der Waals surface area contributed by atoms with E-state index >= 15 is 0 Å². The minimum atomic E-state index is -5.24. The van der Waals surface area contributed by atoms with E-state index in [2.05, 4.69) is 16.8 Å². The van der Waals surface area contributed by atoms with E-state index in [1.165, 1.54) is 26.2 Å². The topological polar surface area (TPSA) is 154 Å². The van der Waals surface area contributed by atoms with Crippen LogP contribution in [0.25, 0.3) is 0 Å². The zero-order valence-electron chi connectivity index (χ0n) is 25.5. The normalized spacial score (nSPS) is 11.6. The molecule has 40 heavy (non-hydrogen) atoms. The SMILES string of the molecule is CCCCCCCCCC(=O)O[C@@H](COC(=O)CCCCCCCCCCCNC(C)=O)COP(=O)([O-])[O-].[Na+].[Na+]. The molecule has 0 aromatic rings. The smallest absolute Gasteiger partial charge is 0.790 e. The van der Waals surface area contributed by atoms with E-state index in [4.69, 9.17) is 9.47 Å². The molecule has 0 aliphatic carbocycles. The van der Waals surface area contributed by atoms with Gasteiger partial charge in [-0.15, -0.1) is 0 Å². The van der Waals surface area contributed by atoms with Crippen LogP contribution in [0.4, 0.5) is 0 Å². The third kappa shape index (κ3) is 34.7. The Balaban J connectivity index is -0.00000684. The molecule has 1 amide bonds. The standard InChI is InChI=1S/C27H52NO9P.2Na/c1-3-4-5-6-10-14-17-20-27(31)37-25(23-36-38(32,33)34)22-35-26(30)19-16-13-11-8-7-9-12-15-18-21-28-24(2)29;;/h25H,3-23H2,1-2H3,(H,28,29)(H2,32,33,34);;/q;2*+1/p-2/t25-;;/m0../s1. The average Bonchev–Trinajstić information content (AvgIpc) is 2.85. The van der Waals surface area contributed by atoms with Crippen LogP contribution in [0.2, 0.25) is 0 Å². The summed E-state index contributed by atoms with van der Waals surface area (Å²) in [6, 6.07) is 0. The molecule has 0 bridgehead atoms. The number of hydrogen-bond acceptors (Lipinski definition) is 9. The summed E-state index contributed by atoms with van der Waals surface area (Å²) in [6.07, 6.45) is 15.7. The molecular weight excluding hydrogens is 559 g/mol. The quantitative estimate of drug-likeness (QED) is 0.0533. The number of rotatable bonds is 26. The Labute approximate surface area is 286 Å². The van der Waals surface area contributed by atoms with Gasteiger partial charge in [0.15, 0.2) is 6.10 Å². The van der Waals surface area contributed by atoms with Crippen molar-refractivity contribution in [2.24, 2.45) is 0 Å². The van der Waals surface area contributed by atoms with Gasteiger partial charge in [0.25, 0.3) is 0 Å². The van der Waals surface area contributed by atoms with E-state index in [1.54, 1.807) is 0 Å². The van der Waals surface area contributed by atoms with Crippen LogP contribution in [0.5, 0.6) is 0 Å². The van der Waals surface area contributed by atoms with Gasteiger partial charge in [-0.2, -0.15) is 0 Å². The van der Waals surface area contributed by atoms with Gasteiger partial charge < -0.3 is 33.7 Å². The van der Waals surface area contributed by atoms with Crippen LogP contribution in [0.3, 0.4) is 0 Å². The maximum Gasteiger partial charge on any atom is 1.00 e. The number of esters is 2. The van der Waals surface area contributed by atoms with Gasteiger partial charge in [-0.25, -0.2) is 0 Å². The summed E-state index contributed by atoms with van der Waals surface area (Å²) in [5.41, 5.74) is 0. The fraction of sp³-hybridized carbons (Fsp3) is 0.889. The summed E-state index contributed by atoms with van der Waals surface area (Å²) in [4.78, 5) is 56.6. The first-order chi connectivity index (χ1) is 18.1. The number of carbonyl (C=O) groups excluding carboxylic acids is 3.